The van der Waals surface area contributed by atoms with E-state index >= 15 is 0 Å². The third kappa shape index (κ3) is 5.41. The first-order chi connectivity index (χ1) is 14.5. The molecule has 160 valence electrons. The summed E-state index contributed by atoms with van der Waals surface area (Å²) in [5.74, 6) is 0. The van der Waals surface area contributed by atoms with E-state index in [1.165, 1.54) is 43.2 Å². The first kappa shape index (κ1) is 22.3. The van der Waals surface area contributed by atoms with Crippen molar-refractivity contribution in [2.75, 3.05) is 0 Å². The highest BCUT2D eigenvalue weighted by Gasteiger charge is 2.40. The number of aromatic nitrogens is 2. The van der Waals surface area contributed by atoms with Crippen LogP contribution in [0.25, 0.3) is 0 Å². The van der Waals surface area contributed by atoms with Crippen LogP contribution in [0.5, 0.6) is 0 Å². The molecule has 0 N–H and O–H groups in total. The summed E-state index contributed by atoms with van der Waals surface area (Å²) >= 11 is 0. The van der Waals surface area contributed by atoms with Crippen molar-refractivity contribution in [3.05, 3.63) is 90.5 Å². The van der Waals surface area contributed by atoms with E-state index in [0.29, 0.717) is 12.1 Å². The zero-order valence-electron chi connectivity index (χ0n) is 19.3. The van der Waals surface area contributed by atoms with Crippen molar-refractivity contribution in [1.29, 1.82) is 0 Å². The minimum Gasteiger partial charge on any atom is -0.235 e. The molecule has 2 nitrogen and oxygen atoms in total. The van der Waals surface area contributed by atoms with Gasteiger partial charge in [-0.2, -0.15) is 0 Å². The number of benzene rings is 2. The summed E-state index contributed by atoms with van der Waals surface area (Å²) in [5, 5.41) is 0. The molecular weight excluding hydrogens is 364 g/mol. The first-order valence-corrected chi connectivity index (χ1v) is 11.7. The van der Waals surface area contributed by atoms with Crippen LogP contribution in [-0.2, 0) is 11.8 Å². The van der Waals surface area contributed by atoms with Crippen molar-refractivity contribution in [3.63, 3.8) is 0 Å². The molecule has 0 saturated heterocycles. The summed E-state index contributed by atoms with van der Waals surface area (Å²) in [4.78, 5) is 0. The number of unbranched alkanes of at least 4 members (excludes halogenated alkanes) is 3. The zero-order valence-corrected chi connectivity index (χ0v) is 19.3. The van der Waals surface area contributed by atoms with E-state index in [4.69, 9.17) is 0 Å². The quantitative estimate of drug-likeness (QED) is 0.239. The average molecular weight is 404 g/mol. The van der Waals surface area contributed by atoms with Gasteiger partial charge in [0, 0.05) is 5.41 Å². The summed E-state index contributed by atoms with van der Waals surface area (Å²) in [6.07, 6.45) is 14.3. The van der Waals surface area contributed by atoms with E-state index in [9.17, 15) is 0 Å². The molecular formula is C28H39N2+. The van der Waals surface area contributed by atoms with Crippen molar-refractivity contribution in [2.45, 2.75) is 83.7 Å². The van der Waals surface area contributed by atoms with Crippen molar-refractivity contribution in [1.82, 2.24) is 4.57 Å². The smallest absolute Gasteiger partial charge is 0.235 e. The van der Waals surface area contributed by atoms with Crippen LogP contribution in [0.3, 0.4) is 0 Å². The molecule has 30 heavy (non-hydrogen) atoms. The van der Waals surface area contributed by atoms with Gasteiger partial charge >= 0.3 is 0 Å². The van der Waals surface area contributed by atoms with Gasteiger partial charge in [0.2, 0.25) is 6.33 Å². The molecule has 0 spiro atoms. The Bertz CT molecular complexity index is 866. The van der Waals surface area contributed by atoms with Crippen molar-refractivity contribution in [3.8, 4) is 0 Å². The van der Waals surface area contributed by atoms with Gasteiger partial charge in [-0.15, -0.1) is 0 Å². The number of rotatable bonds is 11. The molecule has 0 amide bonds. The molecule has 0 saturated carbocycles. The fourth-order valence-electron chi connectivity index (χ4n) is 4.69. The Morgan fingerprint density at radius 1 is 0.900 bits per heavy atom. The van der Waals surface area contributed by atoms with E-state index in [1.807, 2.05) is 0 Å². The number of imidazole rings is 1. The minimum atomic E-state index is 0.0165. The Balaban J connectivity index is 2.02. The van der Waals surface area contributed by atoms with Crippen LogP contribution in [0.15, 0.2) is 79.4 Å². The van der Waals surface area contributed by atoms with Gasteiger partial charge in [-0.25, -0.2) is 9.13 Å². The van der Waals surface area contributed by atoms with Gasteiger partial charge in [-0.05, 0) is 44.2 Å². The lowest BCUT2D eigenvalue weighted by Crippen LogP contribution is -2.50. The Hall–Kier alpha value is -2.35. The van der Waals surface area contributed by atoms with Crippen molar-refractivity contribution >= 4 is 0 Å². The molecule has 3 rings (SSSR count). The fraction of sp³-hybridized carbons (Fsp3) is 0.464. The third-order valence-corrected chi connectivity index (χ3v) is 6.55. The second-order valence-electron chi connectivity index (χ2n) is 9.21. The minimum absolute atomic E-state index is 0.0165. The SMILES string of the molecule is CCCCCCC([n+]1ccn(C(C)C)c1)C(C)(Cc1ccccc1)c1ccccc1. The van der Waals surface area contributed by atoms with Crippen LogP contribution in [-0.4, -0.2) is 4.57 Å². The van der Waals surface area contributed by atoms with Crippen LogP contribution < -0.4 is 4.57 Å². The van der Waals surface area contributed by atoms with Crippen molar-refractivity contribution in [2.24, 2.45) is 0 Å². The largest absolute Gasteiger partial charge is 0.244 e. The molecule has 2 atom stereocenters. The second-order valence-corrected chi connectivity index (χ2v) is 9.21. The third-order valence-electron chi connectivity index (χ3n) is 6.55. The maximum absolute atomic E-state index is 2.49. The predicted molar refractivity (Wildman–Crippen MR) is 127 cm³/mol. The highest BCUT2D eigenvalue weighted by Crippen LogP contribution is 2.39. The summed E-state index contributed by atoms with van der Waals surface area (Å²) in [5.41, 5.74) is 2.85. The van der Waals surface area contributed by atoms with Crippen molar-refractivity contribution < 1.29 is 4.57 Å². The van der Waals surface area contributed by atoms with Gasteiger partial charge in [-0.1, -0.05) is 93.8 Å². The topological polar surface area (TPSA) is 8.81 Å². The fourth-order valence-corrected chi connectivity index (χ4v) is 4.69. The second kappa shape index (κ2) is 10.6. The van der Waals surface area contributed by atoms with Crippen LogP contribution in [0, 0.1) is 0 Å². The maximum Gasteiger partial charge on any atom is 0.244 e. The standard InChI is InChI=1S/C28H39N2/c1-5-6-7-14-19-27(30-21-20-29(23-30)24(2)3)28(4,26-17-12-9-13-18-26)22-25-15-10-8-11-16-25/h8-13,15-18,20-21,23-24,27H,5-7,14,19,22H2,1-4H3/q+1. The maximum atomic E-state index is 2.49. The Morgan fingerprint density at radius 3 is 2.17 bits per heavy atom. The summed E-state index contributed by atoms with van der Waals surface area (Å²) < 4.78 is 4.81. The monoisotopic (exact) mass is 403 g/mol. The molecule has 1 aromatic heterocycles. The van der Waals surface area contributed by atoms with Gasteiger partial charge in [0.1, 0.15) is 18.4 Å². The van der Waals surface area contributed by atoms with Gasteiger partial charge < -0.3 is 0 Å². The van der Waals surface area contributed by atoms with E-state index in [-0.39, 0.29) is 5.41 Å². The van der Waals surface area contributed by atoms with E-state index < -0.39 is 0 Å². The molecule has 0 aliphatic heterocycles. The number of nitrogens with zero attached hydrogens (tertiary/aromatic N) is 2. The van der Waals surface area contributed by atoms with Gasteiger partial charge in [0.05, 0.1) is 6.04 Å². The molecule has 0 bridgehead atoms. The Kier molecular flexibility index (Phi) is 7.90. The molecule has 1 heterocycles. The highest BCUT2D eigenvalue weighted by atomic mass is 15.1. The lowest BCUT2D eigenvalue weighted by atomic mass is 9.70. The molecule has 3 aromatic rings. The first-order valence-electron chi connectivity index (χ1n) is 11.7. The van der Waals surface area contributed by atoms with E-state index in [0.717, 1.165) is 6.42 Å². The highest BCUT2D eigenvalue weighted by molar-refractivity contribution is 5.29. The van der Waals surface area contributed by atoms with Gasteiger partial charge in [0.15, 0.2) is 0 Å². The molecule has 0 aliphatic rings. The Morgan fingerprint density at radius 2 is 1.57 bits per heavy atom. The zero-order chi connectivity index (χ0) is 21.4. The predicted octanol–water partition coefficient (Wildman–Crippen LogP) is 7.07. The Labute approximate surface area is 183 Å². The number of hydrogen-bond acceptors (Lipinski definition) is 0. The lowest BCUT2D eigenvalue weighted by molar-refractivity contribution is -0.732. The van der Waals surface area contributed by atoms with E-state index in [1.54, 1.807) is 0 Å². The van der Waals surface area contributed by atoms with Crippen LogP contribution in [0.2, 0.25) is 0 Å². The molecule has 2 aromatic carbocycles. The van der Waals surface area contributed by atoms with Gasteiger partial charge in [-0.3, -0.25) is 0 Å². The molecule has 2 heteroatoms. The number of hydrogen-bond donors (Lipinski definition) is 0. The van der Waals surface area contributed by atoms with Gasteiger partial charge in [0.25, 0.3) is 0 Å². The molecule has 0 fully saturated rings. The average Bonchev–Trinajstić information content (AvgIpc) is 3.25. The summed E-state index contributed by atoms with van der Waals surface area (Å²) in [6.45, 7) is 9.26. The van der Waals surface area contributed by atoms with Crippen LogP contribution in [0.1, 0.15) is 83.0 Å². The molecule has 0 aliphatic carbocycles. The summed E-state index contributed by atoms with van der Waals surface area (Å²) in [7, 11) is 0. The molecule has 2 unspecified atom stereocenters. The molecule has 0 radical (unpaired) electrons. The van der Waals surface area contributed by atoms with Crippen LogP contribution >= 0.6 is 0 Å². The normalized spacial score (nSPS) is 14.6. The van der Waals surface area contributed by atoms with Crippen LogP contribution in [0.4, 0.5) is 0 Å². The van der Waals surface area contributed by atoms with E-state index in [2.05, 4.69) is 116 Å². The summed E-state index contributed by atoms with van der Waals surface area (Å²) in [6, 6.07) is 23.0. The lowest BCUT2D eigenvalue weighted by Gasteiger charge is -2.37.